The summed E-state index contributed by atoms with van der Waals surface area (Å²) in [6.45, 7) is 4.98. The lowest BCUT2D eigenvalue weighted by Crippen LogP contribution is -2.43. The van der Waals surface area contributed by atoms with E-state index in [-0.39, 0.29) is 0 Å². The highest BCUT2D eigenvalue weighted by molar-refractivity contribution is 5.75. The average Bonchev–Trinajstić information content (AvgIpc) is 2.52. The number of halogens is 5. The molecule has 0 aromatic rings. The maximum Gasteiger partial charge on any atom is 0.317 e. The van der Waals surface area contributed by atoms with Crippen LogP contribution in [0.4, 0.5) is 22.0 Å². The zero-order valence-corrected chi connectivity index (χ0v) is 13.0. The second-order valence-electron chi connectivity index (χ2n) is 5.79. The summed E-state index contributed by atoms with van der Waals surface area (Å²) in [6, 6.07) is 0. The first-order valence-corrected chi connectivity index (χ1v) is 7.63. The monoisotopic (exact) mass is 340 g/mol. The van der Waals surface area contributed by atoms with Gasteiger partial charge >= 0.3 is 18.0 Å². The molecule has 1 saturated carbocycles. The Bertz CT molecular complexity index is 463. The molecule has 1 unspecified atom stereocenters. The first-order chi connectivity index (χ1) is 10.7. The van der Waals surface area contributed by atoms with Gasteiger partial charge in [0, 0.05) is 0 Å². The van der Waals surface area contributed by atoms with E-state index in [1.165, 1.54) is 0 Å². The third kappa shape index (κ3) is 4.54. The molecule has 23 heavy (non-hydrogen) atoms. The molecular weight excluding hydrogens is 319 g/mol. The molecule has 1 atom stereocenters. The molecular formula is C16H21F5O2. The maximum atomic E-state index is 13.9. The Balaban J connectivity index is 3.02. The van der Waals surface area contributed by atoms with E-state index in [0.717, 1.165) is 25.3 Å². The Kier molecular flexibility index (Phi) is 6.77. The molecule has 1 aliphatic carbocycles. The summed E-state index contributed by atoms with van der Waals surface area (Å²) in [5, 5.41) is 0. The summed E-state index contributed by atoms with van der Waals surface area (Å²) < 4.78 is 70.6. The standard InChI is InChI=1S/C16H21F5O2/c1-3-8-11(16(20,21)12(17)13(18)19)14(22)23-15(4-2)9-6-5-7-10-15/h3,11H,1,4-10H2,2H3. The van der Waals surface area contributed by atoms with Crippen LogP contribution < -0.4 is 0 Å². The molecule has 0 spiro atoms. The van der Waals surface area contributed by atoms with Crippen LogP contribution in [-0.4, -0.2) is 17.5 Å². The molecule has 0 aromatic carbocycles. The number of carbonyl (C=O) groups is 1. The van der Waals surface area contributed by atoms with Gasteiger partial charge in [0.15, 0.2) is 0 Å². The van der Waals surface area contributed by atoms with Gasteiger partial charge in [0.1, 0.15) is 11.5 Å². The van der Waals surface area contributed by atoms with E-state index in [9.17, 15) is 26.7 Å². The van der Waals surface area contributed by atoms with Crippen molar-refractivity contribution in [3.63, 3.8) is 0 Å². The van der Waals surface area contributed by atoms with Gasteiger partial charge in [-0.3, -0.25) is 4.79 Å². The first kappa shape index (κ1) is 19.6. The van der Waals surface area contributed by atoms with Crippen molar-refractivity contribution in [1.82, 2.24) is 0 Å². The molecule has 0 aliphatic heterocycles. The van der Waals surface area contributed by atoms with Crippen LogP contribution in [0.5, 0.6) is 0 Å². The summed E-state index contributed by atoms with van der Waals surface area (Å²) in [6.07, 6.45) is 1.18. The van der Waals surface area contributed by atoms with Crippen molar-refractivity contribution in [2.45, 2.75) is 63.4 Å². The molecule has 1 rings (SSSR count). The highest BCUT2D eigenvalue weighted by atomic mass is 19.3. The fraction of sp³-hybridized carbons (Fsp3) is 0.688. The van der Waals surface area contributed by atoms with E-state index < -0.39 is 41.7 Å². The third-order valence-electron chi connectivity index (χ3n) is 4.31. The lowest BCUT2D eigenvalue weighted by Gasteiger charge is -2.37. The molecule has 0 radical (unpaired) electrons. The van der Waals surface area contributed by atoms with Gasteiger partial charge in [-0.2, -0.15) is 22.0 Å². The number of hydrogen-bond acceptors (Lipinski definition) is 2. The van der Waals surface area contributed by atoms with Gasteiger partial charge in [0.05, 0.1) is 0 Å². The Morgan fingerprint density at radius 2 is 1.83 bits per heavy atom. The molecule has 132 valence electrons. The van der Waals surface area contributed by atoms with E-state index >= 15 is 0 Å². The Labute approximate surface area is 132 Å². The number of alkyl halides is 2. The Morgan fingerprint density at radius 1 is 1.26 bits per heavy atom. The molecule has 0 amide bonds. The van der Waals surface area contributed by atoms with E-state index in [2.05, 4.69) is 6.58 Å². The predicted molar refractivity (Wildman–Crippen MR) is 75.8 cm³/mol. The zero-order chi connectivity index (χ0) is 17.7. The number of rotatable bonds is 7. The molecule has 0 N–H and O–H groups in total. The van der Waals surface area contributed by atoms with Gasteiger partial charge < -0.3 is 4.74 Å². The fourth-order valence-corrected chi connectivity index (χ4v) is 2.85. The lowest BCUT2D eigenvalue weighted by atomic mass is 9.82. The zero-order valence-electron chi connectivity index (χ0n) is 13.0. The van der Waals surface area contributed by atoms with Crippen molar-refractivity contribution in [3.05, 3.63) is 24.6 Å². The van der Waals surface area contributed by atoms with Crippen molar-refractivity contribution >= 4 is 5.97 Å². The van der Waals surface area contributed by atoms with Crippen LogP contribution in [0, 0.1) is 5.92 Å². The smallest absolute Gasteiger partial charge is 0.317 e. The Hall–Kier alpha value is -1.40. The van der Waals surface area contributed by atoms with E-state index in [4.69, 9.17) is 4.74 Å². The summed E-state index contributed by atoms with van der Waals surface area (Å²) in [5.41, 5.74) is -0.876. The molecule has 0 heterocycles. The van der Waals surface area contributed by atoms with E-state index in [1.54, 1.807) is 6.92 Å². The summed E-state index contributed by atoms with van der Waals surface area (Å²) in [5.74, 6) is -11.2. The summed E-state index contributed by atoms with van der Waals surface area (Å²) in [4.78, 5) is 12.2. The number of carbonyl (C=O) groups excluding carboxylic acids is 1. The minimum Gasteiger partial charge on any atom is -0.459 e. The molecule has 1 fully saturated rings. The number of allylic oxidation sites excluding steroid dienone is 2. The number of hydrogen-bond donors (Lipinski definition) is 0. The largest absolute Gasteiger partial charge is 0.459 e. The lowest BCUT2D eigenvalue weighted by molar-refractivity contribution is -0.181. The topological polar surface area (TPSA) is 26.3 Å². The highest BCUT2D eigenvalue weighted by Gasteiger charge is 2.52. The van der Waals surface area contributed by atoms with Crippen LogP contribution >= 0.6 is 0 Å². The number of ether oxygens (including phenoxy) is 1. The van der Waals surface area contributed by atoms with Gasteiger partial charge in [0.25, 0.3) is 0 Å². The second kappa shape index (κ2) is 7.93. The van der Waals surface area contributed by atoms with Crippen LogP contribution in [0.15, 0.2) is 24.6 Å². The third-order valence-corrected chi connectivity index (χ3v) is 4.31. The predicted octanol–water partition coefficient (Wildman–Crippen LogP) is 5.55. The second-order valence-corrected chi connectivity index (χ2v) is 5.79. The molecule has 0 aromatic heterocycles. The van der Waals surface area contributed by atoms with Crippen LogP contribution in [-0.2, 0) is 9.53 Å². The highest BCUT2D eigenvalue weighted by Crippen LogP contribution is 2.41. The van der Waals surface area contributed by atoms with Crippen molar-refractivity contribution in [2.24, 2.45) is 5.92 Å². The van der Waals surface area contributed by atoms with E-state index in [1.807, 2.05) is 0 Å². The normalized spacial score (nSPS) is 18.9. The maximum absolute atomic E-state index is 13.9. The molecule has 1 aliphatic rings. The van der Waals surface area contributed by atoms with Crippen molar-refractivity contribution < 1.29 is 31.5 Å². The summed E-state index contributed by atoms with van der Waals surface area (Å²) >= 11 is 0. The van der Waals surface area contributed by atoms with E-state index in [0.29, 0.717) is 19.3 Å². The van der Waals surface area contributed by atoms with Gasteiger partial charge in [-0.05, 0) is 38.5 Å². The van der Waals surface area contributed by atoms with Gasteiger partial charge in [-0.25, -0.2) is 0 Å². The van der Waals surface area contributed by atoms with Crippen LogP contribution in [0.1, 0.15) is 51.9 Å². The van der Waals surface area contributed by atoms with Crippen molar-refractivity contribution in [2.75, 3.05) is 0 Å². The summed E-state index contributed by atoms with van der Waals surface area (Å²) in [7, 11) is 0. The van der Waals surface area contributed by atoms with Crippen LogP contribution in [0.3, 0.4) is 0 Å². The van der Waals surface area contributed by atoms with Gasteiger partial charge in [-0.15, -0.1) is 6.58 Å². The quantitative estimate of drug-likeness (QED) is 0.345. The minimum atomic E-state index is -4.63. The number of esters is 1. The molecule has 0 bridgehead atoms. The molecule has 7 heteroatoms. The molecule has 0 saturated heterocycles. The van der Waals surface area contributed by atoms with Crippen LogP contribution in [0.2, 0.25) is 0 Å². The average molecular weight is 340 g/mol. The van der Waals surface area contributed by atoms with Gasteiger partial charge in [-0.1, -0.05) is 19.4 Å². The van der Waals surface area contributed by atoms with Crippen LogP contribution in [0.25, 0.3) is 0 Å². The molecule has 2 nitrogen and oxygen atoms in total. The fourth-order valence-electron chi connectivity index (χ4n) is 2.85. The first-order valence-electron chi connectivity index (χ1n) is 7.63. The van der Waals surface area contributed by atoms with Crippen molar-refractivity contribution in [3.8, 4) is 0 Å². The minimum absolute atomic E-state index is 0.431. The Morgan fingerprint density at radius 3 is 2.26 bits per heavy atom. The van der Waals surface area contributed by atoms with Crippen molar-refractivity contribution in [1.29, 1.82) is 0 Å². The van der Waals surface area contributed by atoms with Gasteiger partial charge in [0.2, 0.25) is 5.83 Å². The SMILES string of the molecule is C=CCC(C(=O)OC1(CC)CCCCC1)C(F)(F)C(F)=C(F)F.